The number of anilines is 1. The summed E-state index contributed by atoms with van der Waals surface area (Å²) in [4.78, 5) is 11.9. The summed E-state index contributed by atoms with van der Waals surface area (Å²) in [6.07, 6.45) is 3.21. The predicted octanol–water partition coefficient (Wildman–Crippen LogP) is 2.48. The quantitative estimate of drug-likeness (QED) is 0.877. The predicted molar refractivity (Wildman–Crippen MR) is 70.1 cm³/mol. The summed E-state index contributed by atoms with van der Waals surface area (Å²) in [6, 6.07) is 1.93. The summed E-state index contributed by atoms with van der Waals surface area (Å²) in [5.74, 6) is 0.639. The highest BCUT2D eigenvalue weighted by Gasteiger charge is 2.31. The van der Waals surface area contributed by atoms with Gasteiger partial charge in [-0.15, -0.1) is 12.4 Å². The van der Waals surface area contributed by atoms with E-state index in [2.05, 4.69) is 5.32 Å². The van der Waals surface area contributed by atoms with Crippen molar-refractivity contribution in [2.45, 2.75) is 19.3 Å². The first-order chi connectivity index (χ1) is 7.31. The number of carbonyl (C=O) groups is 1. The van der Waals surface area contributed by atoms with Crippen molar-refractivity contribution in [2.75, 3.05) is 11.9 Å². The summed E-state index contributed by atoms with van der Waals surface area (Å²) in [5.41, 5.74) is 6.57. The average Bonchev–Trinajstić information content (AvgIpc) is 2.86. The lowest BCUT2D eigenvalue weighted by atomic mass is 9.95. The number of hydrogen-bond acceptors (Lipinski definition) is 3. The number of hydrogen-bond donors (Lipinski definition) is 2. The van der Waals surface area contributed by atoms with Gasteiger partial charge in [-0.1, -0.05) is 6.42 Å². The Labute approximate surface area is 106 Å². The Morgan fingerprint density at radius 2 is 2.38 bits per heavy atom. The summed E-state index contributed by atoms with van der Waals surface area (Å²) in [6.45, 7) is 0.627. The topological polar surface area (TPSA) is 55.1 Å². The van der Waals surface area contributed by atoms with Crippen LogP contribution >= 0.6 is 23.7 Å². The molecule has 0 saturated heterocycles. The van der Waals surface area contributed by atoms with Crippen LogP contribution in [0.25, 0.3) is 0 Å². The minimum absolute atomic E-state index is 0. The third-order valence-electron chi connectivity index (χ3n) is 3.09. The van der Waals surface area contributed by atoms with Gasteiger partial charge in [0.2, 0.25) is 5.91 Å². The van der Waals surface area contributed by atoms with Crippen LogP contribution in [0.15, 0.2) is 16.8 Å². The Hall–Kier alpha value is -0.580. The lowest BCUT2D eigenvalue weighted by molar-refractivity contribution is -0.120. The van der Waals surface area contributed by atoms with Gasteiger partial charge in [-0.25, -0.2) is 0 Å². The van der Waals surface area contributed by atoms with Crippen LogP contribution in [0.1, 0.15) is 19.3 Å². The molecule has 0 aliphatic heterocycles. The van der Waals surface area contributed by atoms with Crippen LogP contribution < -0.4 is 11.1 Å². The van der Waals surface area contributed by atoms with E-state index < -0.39 is 0 Å². The minimum Gasteiger partial charge on any atom is -0.330 e. The van der Waals surface area contributed by atoms with Crippen molar-refractivity contribution in [3.8, 4) is 0 Å². The molecule has 0 unspecified atom stereocenters. The molecule has 1 heterocycles. The first kappa shape index (κ1) is 13.5. The van der Waals surface area contributed by atoms with Gasteiger partial charge < -0.3 is 11.1 Å². The highest BCUT2D eigenvalue weighted by atomic mass is 35.5. The van der Waals surface area contributed by atoms with Crippen LogP contribution in [0.5, 0.6) is 0 Å². The number of nitrogens with two attached hydrogens (primary N) is 1. The fourth-order valence-corrected chi connectivity index (χ4v) is 2.82. The van der Waals surface area contributed by atoms with Crippen molar-refractivity contribution in [1.82, 2.24) is 0 Å². The Balaban J connectivity index is 0.00000128. The maximum Gasteiger partial charge on any atom is 0.227 e. The van der Waals surface area contributed by atoms with Gasteiger partial charge in [-0.05, 0) is 36.8 Å². The molecule has 0 aromatic carbocycles. The molecule has 1 amide bonds. The molecule has 90 valence electrons. The smallest absolute Gasteiger partial charge is 0.227 e. The zero-order valence-electron chi connectivity index (χ0n) is 9.02. The third kappa shape index (κ3) is 2.97. The Morgan fingerprint density at radius 1 is 1.56 bits per heavy atom. The Morgan fingerprint density at radius 3 is 3.00 bits per heavy atom. The summed E-state index contributed by atoms with van der Waals surface area (Å²) >= 11 is 1.59. The van der Waals surface area contributed by atoms with E-state index in [9.17, 15) is 4.79 Å². The van der Waals surface area contributed by atoms with Crippen LogP contribution in [0.2, 0.25) is 0 Å². The van der Waals surface area contributed by atoms with E-state index in [0.717, 1.165) is 24.9 Å². The normalized spacial score (nSPS) is 23.8. The van der Waals surface area contributed by atoms with E-state index in [0.29, 0.717) is 12.5 Å². The van der Waals surface area contributed by atoms with Gasteiger partial charge in [-0.2, -0.15) is 11.3 Å². The number of amides is 1. The average molecular weight is 261 g/mol. The van der Waals surface area contributed by atoms with Gasteiger partial charge in [0.1, 0.15) is 0 Å². The molecule has 2 rings (SSSR count). The molecule has 16 heavy (non-hydrogen) atoms. The highest BCUT2D eigenvalue weighted by molar-refractivity contribution is 7.08. The molecule has 0 bridgehead atoms. The zero-order valence-corrected chi connectivity index (χ0v) is 10.7. The van der Waals surface area contributed by atoms with Gasteiger partial charge >= 0.3 is 0 Å². The third-order valence-corrected chi connectivity index (χ3v) is 3.77. The molecule has 3 N–H and O–H groups in total. The first-order valence-electron chi connectivity index (χ1n) is 5.34. The molecule has 1 saturated carbocycles. The summed E-state index contributed by atoms with van der Waals surface area (Å²) < 4.78 is 0. The number of rotatable bonds is 3. The van der Waals surface area contributed by atoms with Crippen LogP contribution in [0.3, 0.4) is 0 Å². The minimum atomic E-state index is 0. The van der Waals surface area contributed by atoms with Crippen molar-refractivity contribution in [2.24, 2.45) is 17.6 Å². The SMILES string of the molecule is Cl.NC[C@H]1CCC[C@H]1C(=O)Nc1ccsc1. The molecule has 1 aromatic heterocycles. The molecule has 5 heteroatoms. The summed E-state index contributed by atoms with van der Waals surface area (Å²) in [5, 5.41) is 6.86. The number of carbonyl (C=O) groups excluding carboxylic acids is 1. The number of thiophene rings is 1. The van der Waals surface area contributed by atoms with Crippen molar-refractivity contribution < 1.29 is 4.79 Å². The second-order valence-corrected chi connectivity index (χ2v) is 4.81. The second kappa shape index (κ2) is 6.23. The van der Waals surface area contributed by atoms with Crippen molar-refractivity contribution in [3.63, 3.8) is 0 Å². The van der Waals surface area contributed by atoms with Crippen molar-refractivity contribution in [3.05, 3.63) is 16.8 Å². The fraction of sp³-hybridized carbons (Fsp3) is 0.545. The van der Waals surface area contributed by atoms with E-state index >= 15 is 0 Å². The van der Waals surface area contributed by atoms with E-state index in [4.69, 9.17) is 5.73 Å². The zero-order chi connectivity index (χ0) is 10.7. The maximum atomic E-state index is 11.9. The Kier molecular flexibility index (Phi) is 5.25. The van der Waals surface area contributed by atoms with Crippen LogP contribution in [0, 0.1) is 11.8 Å². The van der Waals surface area contributed by atoms with Gasteiger partial charge in [0.05, 0.1) is 5.69 Å². The van der Waals surface area contributed by atoms with Crippen molar-refractivity contribution >= 4 is 35.3 Å². The van der Waals surface area contributed by atoms with Crippen LogP contribution in [0.4, 0.5) is 5.69 Å². The fourth-order valence-electron chi connectivity index (χ4n) is 2.23. The highest BCUT2D eigenvalue weighted by Crippen LogP contribution is 2.31. The van der Waals surface area contributed by atoms with Gasteiger partial charge in [0, 0.05) is 11.3 Å². The van der Waals surface area contributed by atoms with Gasteiger partial charge in [0.25, 0.3) is 0 Å². The molecule has 0 radical (unpaired) electrons. The first-order valence-corrected chi connectivity index (χ1v) is 6.28. The molecule has 3 nitrogen and oxygen atoms in total. The monoisotopic (exact) mass is 260 g/mol. The second-order valence-electron chi connectivity index (χ2n) is 4.03. The molecule has 1 fully saturated rings. The molecule has 0 spiro atoms. The molecular weight excluding hydrogens is 244 g/mol. The summed E-state index contributed by atoms with van der Waals surface area (Å²) in [7, 11) is 0. The Bertz CT molecular complexity index is 329. The van der Waals surface area contributed by atoms with Gasteiger partial charge in [-0.3, -0.25) is 4.79 Å². The molecule has 1 aliphatic carbocycles. The van der Waals surface area contributed by atoms with Crippen molar-refractivity contribution in [1.29, 1.82) is 0 Å². The van der Waals surface area contributed by atoms with Gasteiger partial charge in [0.15, 0.2) is 0 Å². The van der Waals surface area contributed by atoms with E-state index in [1.54, 1.807) is 11.3 Å². The largest absolute Gasteiger partial charge is 0.330 e. The lowest BCUT2D eigenvalue weighted by Gasteiger charge is -2.16. The van der Waals surface area contributed by atoms with Crippen LogP contribution in [-0.4, -0.2) is 12.5 Å². The molecular formula is C11H17ClN2OS. The van der Waals surface area contributed by atoms with E-state index in [-0.39, 0.29) is 24.2 Å². The standard InChI is InChI=1S/C11H16N2OS.ClH/c12-6-8-2-1-3-10(8)11(14)13-9-4-5-15-7-9;/h4-5,7-8,10H,1-3,6,12H2,(H,13,14);1H/t8-,10-;/m1./s1. The van der Waals surface area contributed by atoms with Crippen LogP contribution in [-0.2, 0) is 4.79 Å². The lowest BCUT2D eigenvalue weighted by Crippen LogP contribution is -2.29. The van der Waals surface area contributed by atoms with E-state index in [1.807, 2.05) is 16.8 Å². The number of halogens is 1. The maximum absolute atomic E-state index is 11.9. The number of nitrogens with one attached hydrogen (secondary N) is 1. The molecule has 1 aromatic rings. The molecule has 1 aliphatic rings. The van der Waals surface area contributed by atoms with E-state index in [1.165, 1.54) is 0 Å². The molecule has 2 atom stereocenters.